The Morgan fingerprint density at radius 1 is 1.25 bits per heavy atom. The lowest BCUT2D eigenvalue weighted by Crippen LogP contribution is -2.58. The summed E-state index contributed by atoms with van der Waals surface area (Å²) in [6, 6.07) is 0. The maximum atomic E-state index is 12.1. The van der Waals surface area contributed by atoms with E-state index in [4.69, 9.17) is 9.47 Å². The molecule has 138 valence electrons. The van der Waals surface area contributed by atoms with E-state index in [0.717, 1.165) is 0 Å². The van der Waals surface area contributed by atoms with Crippen LogP contribution in [0.4, 0.5) is 0 Å². The number of aliphatic hydroxyl groups is 5. The van der Waals surface area contributed by atoms with Gasteiger partial charge < -0.3 is 35.0 Å². The first-order valence-electron chi connectivity index (χ1n) is 8.07. The third-order valence-corrected chi connectivity index (χ3v) is 4.74. The molecule has 2 aliphatic rings. The molecule has 5 N–H and O–H groups in total. The molecular weight excluding hydrogens is 320 g/mol. The number of carbonyl (C=O) groups excluding carboxylic acids is 1. The molecule has 0 aromatic carbocycles. The lowest BCUT2D eigenvalue weighted by atomic mass is 9.79. The van der Waals surface area contributed by atoms with Gasteiger partial charge >= 0.3 is 5.97 Å². The minimum Gasteiger partial charge on any atom is -0.459 e. The highest BCUT2D eigenvalue weighted by Gasteiger charge is 2.43. The number of rotatable bonds is 4. The van der Waals surface area contributed by atoms with Gasteiger partial charge in [0.25, 0.3) is 0 Å². The van der Waals surface area contributed by atoms with E-state index in [2.05, 4.69) is 0 Å². The topological polar surface area (TPSA) is 137 Å². The number of hydrogen-bond donors (Lipinski definition) is 5. The summed E-state index contributed by atoms with van der Waals surface area (Å²) in [5.74, 6) is -0.487. The van der Waals surface area contributed by atoms with E-state index in [1.807, 2.05) is 0 Å². The molecule has 0 saturated carbocycles. The molecule has 0 aromatic heterocycles. The van der Waals surface area contributed by atoms with Crippen molar-refractivity contribution in [3.8, 4) is 0 Å². The van der Waals surface area contributed by atoms with Crippen molar-refractivity contribution in [2.45, 2.75) is 69.4 Å². The van der Waals surface area contributed by atoms with Gasteiger partial charge in [-0.2, -0.15) is 0 Å². The van der Waals surface area contributed by atoms with Crippen LogP contribution in [0.3, 0.4) is 0 Å². The van der Waals surface area contributed by atoms with Crippen LogP contribution in [0.5, 0.6) is 0 Å². The smallest absolute Gasteiger partial charge is 0.333 e. The molecule has 1 heterocycles. The molecular formula is C16H26O8. The average molecular weight is 346 g/mol. The number of esters is 1. The average Bonchev–Trinajstić information content (AvgIpc) is 2.54. The predicted octanol–water partition coefficient (Wildman–Crippen LogP) is -1.17. The van der Waals surface area contributed by atoms with Gasteiger partial charge in [0.2, 0.25) is 0 Å². The molecule has 1 aliphatic heterocycles. The van der Waals surface area contributed by atoms with E-state index < -0.39 is 42.3 Å². The molecule has 6 atom stereocenters. The molecule has 1 unspecified atom stereocenters. The Balaban J connectivity index is 1.86. The second-order valence-electron chi connectivity index (χ2n) is 6.99. The van der Waals surface area contributed by atoms with Crippen molar-refractivity contribution < 1.29 is 39.8 Å². The van der Waals surface area contributed by atoms with Gasteiger partial charge in [-0.25, -0.2) is 4.79 Å². The van der Waals surface area contributed by atoms with Crippen LogP contribution in [0.1, 0.15) is 33.1 Å². The summed E-state index contributed by atoms with van der Waals surface area (Å²) in [6.45, 7) is 3.12. The van der Waals surface area contributed by atoms with E-state index in [1.54, 1.807) is 19.9 Å². The van der Waals surface area contributed by atoms with Crippen molar-refractivity contribution >= 4 is 5.97 Å². The zero-order valence-corrected chi connectivity index (χ0v) is 13.8. The Kier molecular flexibility index (Phi) is 6.00. The first kappa shape index (κ1) is 19.3. The molecule has 8 heteroatoms. The second kappa shape index (κ2) is 7.47. The Bertz CT molecular complexity index is 483. The van der Waals surface area contributed by atoms with Gasteiger partial charge in [-0.15, -0.1) is 0 Å². The van der Waals surface area contributed by atoms with Crippen LogP contribution in [0, 0.1) is 5.92 Å². The van der Waals surface area contributed by atoms with Crippen molar-refractivity contribution in [3.63, 3.8) is 0 Å². The van der Waals surface area contributed by atoms with Crippen molar-refractivity contribution in [3.05, 3.63) is 11.6 Å². The highest BCUT2D eigenvalue weighted by atomic mass is 16.6. The Hall–Kier alpha value is -1.03. The van der Waals surface area contributed by atoms with E-state index in [1.165, 1.54) is 0 Å². The lowest BCUT2D eigenvalue weighted by molar-refractivity contribution is -0.287. The Labute approximate surface area is 140 Å². The number of allylic oxidation sites excluding steroid dienone is 1. The van der Waals surface area contributed by atoms with Crippen LogP contribution in [-0.2, 0) is 14.3 Å². The highest BCUT2D eigenvalue weighted by molar-refractivity contribution is 5.88. The summed E-state index contributed by atoms with van der Waals surface area (Å²) in [4.78, 5) is 12.1. The van der Waals surface area contributed by atoms with Gasteiger partial charge in [-0.05, 0) is 39.0 Å². The predicted molar refractivity (Wildman–Crippen MR) is 81.6 cm³/mol. The fourth-order valence-corrected chi connectivity index (χ4v) is 2.98. The third-order valence-electron chi connectivity index (χ3n) is 4.74. The van der Waals surface area contributed by atoms with Crippen LogP contribution < -0.4 is 0 Å². The molecule has 0 radical (unpaired) electrons. The standard InChI is InChI=1S/C16H26O8/c1-16(2,22)9-5-3-8(4-6-9)14(20)23-7-10-11(17)12(18)13(19)15(21)24-10/h3,9-13,15,17-19,21-22H,4-7H2,1-2H3/t9-,10+,11+,12-,13+,15?/m0/s1. The second-order valence-corrected chi connectivity index (χ2v) is 6.99. The Morgan fingerprint density at radius 2 is 1.92 bits per heavy atom. The van der Waals surface area contributed by atoms with Crippen LogP contribution in [0.15, 0.2) is 11.6 Å². The van der Waals surface area contributed by atoms with Gasteiger partial charge in [0, 0.05) is 5.57 Å². The number of aliphatic hydroxyl groups excluding tert-OH is 4. The van der Waals surface area contributed by atoms with Crippen molar-refractivity contribution in [1.29, 1.82) is 0 Å². The summed E-state index contributed by atoms with van der Waals surface area (Å²) in [7, 11) is 0. The number of ether oxygens (including phenoxy) is 2. The van der Waals surface area contributed by atoms with E-state index in [-0.39, 0.29) is 12.5 Å². The van der Waals surface area contributed by atoms with E-state index in [9.17, 15) is 30.3 Å². The molecule has 2 rings (SSSR count). The number of carbonyl (C=O) groups is 1. The van der Waals surface area contributed by atoms with Crippen LogP contribution in [0.2, 0.25) is 0 Å². The summed E-state index contributed by atoms with van der Waals surface area (Å²) >= 11 is 0. The van der Waals surface area contributed by atoms with E-state index >= 15 is 0 Å². The maximum Gasteiger partial charge on any atom is 0.333 e. The van der Waals surface area contributed by atoms with Gasteiger partial charge in [0.05, 0.1) is 5.60 Å². The van der Waals surface area contributed by atoms with Gasteiger partial charge in [0.15, 0.2) is 6.29 Å². The molecule has 8 nitrogen and oxygen atoms in total. The summed E-state index contributed by atoms with van der Waals surface area (Å²) < 4.78 is 10.0. The molecule has 1 aliphatic carbocycles. The van der Waals surface area contributed by atoms with Crippen LogP contribution in [-0.4, -0.2) is 74.4 Å². The van der Waals surface area contributed by atoms with Gasteiger partial charge in [-0.1, -0.05) is 6.08 Å². The SMILES string of the molecule is CC(C)(O)[C@H]1CC=C(C(=O)OC[C@H]2OC(O)[C@H](O)[C@@H](O)[C@@H]2O)CC1. The molecule has 1 saturated heterocycles. The largest absolute Gasteiger partial charge is 0.459 e. The summed E-state index contributed by atoms with van der Waals surface area (Å²) in [5.41, 5.74) is -0.319. The molecule has 24 heavy (non-hydrogen) atoms. The minimum absolute atomic E-state index is 0.0735. The van der Waals surface area contributed by atoms with Gasteiger partial charge in [0.1, 0.15) is 31.0 Å². The van der Waals surface area contributed by atoms with Gasteiger partial charge in [-0.3, -0.25) is 0 Å². The first-order chi connectivity index (χ1) is 11.1. The zero-order valence-electron chi connectivity index (χ0n) is 13.8. The first-order valence-corrected chi connectivity index (χ1v) is 8.07. The lowest BCUT2D eigenvalue weighted by Gasteiger charge is -2.38. The number of hydrogen-bond acceptors (Lipinski definition) is 8. The monoisotopic (exact) mass is 346 g/mol. The fraction of sp³-hybridized carbons (Fsp3) is 0.812. The Morgan fingerprint density at radius 3 is 2.46 bits per heavy atom. The van der Waals surface area contributed by atoms with Crippen LogP contribution >= 0.6 is 0 Å². The van der Waals surface area contributed by atoms with Crippen LogP contribution in [0.25, 0.3) is 0 Å². The molecule has 0 bridgehead atoms. The zero-order chi connectivity index (χ0) is 18.1. The molecule has 0 spiro atoms. The van der Waals surface area contributed by atoms with Crippen molar-refractivity contribution in [2.24, 2.45) is 5.92 Å². The maximum absolute atomic E-state index is 12.1. The van der Waals surface area contributed by atoms with Crippen molar-refractivity contribution in [1.82, 2.24) is 0 Å². The normalized spacial score (nSPS) is 37.7. The molecule has 0 amide bonds. The quantitative estimate of drug-likeness (QED) is 0.402. The minimum atomic E-state index is -1.66. The molecule has 0 aromatic rings. The summed E-state index contributed by atoms with van der Waals surface area (Å²) in [6.07, 6.45) is -4.02. The fourth-order valence-electron chi connectivity index (χ4n) is 2.98. The van der Waals surface area contributed by atoms with Crippen molar-refractivity contribution in [2.75, 3.05) is 6.61 Å². The van der Waals surface area contributed by atoms with E-state index in [0.29, 0.717) is 24.8 Å². The molecule has 1 fully saturated rings. The highest BCUT2D eigenvalue weighted by Crippen LogP contribution is 2.32. The third kappa shape index (κ3) is 4.33. The summed E-state index contributed by atoms with van der Waals surface area (Å²) in [5, 5.41) is 48.2.